The largest absolute Gasteiger partial charge is 0.468 e. The molecule has 0 spiro atoms. The van der Waals surface area contributed by atoms with Gasteiger partial charge in [-0.05, 0) is 32.4 Å². The van der Waals surface area contributed by atoms with Crippen LogP contribution in [0.1, 0.15) is 25.2 Å². The number of hydrogen-bond acceptors (Lipinski definition) is 3. The molecule has 3 heteroatoms. The molecule has 0 aliphatic rings. The fourth-order valence-electron chi connectivity index (χ4n) is 2.12. The molecule has 0 bridgehead atoms. The lowest BCUT2D eigenvalue weighted by molar-refractivity contribution is -0.146. The highest BCUT2D eigenvalue weighted by Gasteiger charge is 2.36. The van der Waals surface area contributed by atoms with Crippen LogP contribution in [0, 0.1) is 6.92 Å². The Balaban J connectivity index is 2.63. The van der Waals surface area contributed by atoms with E-state index in [2.05, 4.69) is 0 Å². The van der Waals surface area contributed by atoms with Crippen molar-refractivity contribution in [2.75, 3.05) is 7.11 Å². The Morgan fingerprint density at radius 3 is 2.53 bits per heavy atom. The molecule has 3 nitrogen and oxygen atoms in total. The summed E-state index contributed by atoms with van der Waals surface area (Å²) in [5.41, 5.74) is 1.03. The second-order valence-electron chi connectivity index (χ2n) is 4.67. The molecule has 0 radical (unpaired) electrons. The molecule has 0 aliphatic carbocycles. The van der Waals surface area contributed by atoms with E-state index in [0.29, 0.717) is 5.76 Å². The second kappa shape index (κ2) is 3.91. The number of methoxy groups -OCH3 is 1. The number of carbonyl (C=O) groups is 1. The van der Waals surface area contributed by atoms with Crippen LogP contribution < -0.4 is 0 Å². The first-order valence-corrected chi connectivity index (χ1v) is 5.55. The number of carbonyl (C=O) groups excluding carboxylic acids is 1. The molecule has 0 aliphatic heterocycles. The maximum absolute atomic E-state index is 11.8. The Kier molecular flexibility index (Phi) is 2.69. The molecule has 1 aromatic carbocycles. The molecule has 0 saturated carbocycles. The van der Waals surface area contributed by atoms with Crippen molar-refractivity contribution in [1.82, 2.24) is 0 Å². The van der Waals surface area contributed by atoms with Gasteiger partial charge >= 0.3 is 5.97 Å². The number of fused-ring (bicyclic) bond motifs is 1. The summed E-state index contributed by atoms with van der Waals surface area (Å²) < 4.78 is 10.6. The molecule has 2 rings (SSSR count). The number of benzene rings is 1. The van der Waals surface area contributed by atoms with Crippen molar-refractivity contribution in [3.05, 3.63) is 35.6 Å². The summed E-state index contributed by atoms with van der Waals surface area (Å²) in [6.07, 6.45) is 0. The molecule has 0 saturated heterocycles. The third-order valence-electron chi connectivity index (χ3n) is 3.11. The summed E-state index contributed by atoms with van der Waals surface area (Å²) in [6, 6.07) is 7.77. The maximum Gasteiger partial charge on any atom is 0.318 e. The molecule has 2 aromatic rings. The van der Waals surface area contributed by atoms with Gasteiger partial charge in [0.05, 0.1) is 7.11 Å². The number of esters is 1. The van der Waals surface area contributed by atoms with Crippen LogP contribution in [0.15, 0.2) is 28.7 Å². The third-order valence-corrected chi connectivity index (χ3v) is 3.11. The second-order valence-corrected chi connectivity index (χ2v) is 4.67. The number of rotatable bonds is 2. The van der Waals surface area contributed by atoms with E-state index in [1.54, 1.807) is 0 Å². The Labute approximate surface area is 100 Å². The first kappa shape index (κ1) is 11.7. The average Bonchev–Trinajstić information content (AvgIpc) is 2.67. The van der Waals surface area contributed by atoms with Crippen molar-refractivity contribution in [3.8, 4) is 0 Å². The quantitative estimate of drug-likeness (QED) is 0.746. The van der Waals surface area contributed by atoms with Gasteiger partial charge in [0.2, 0.25) is 0 Å². The summed E-state index contributed by atoms with van der Waals surface area (Å²) in [5, 5.41) is 1.04. The first-order valence-electron chi connectivity index (χ1n) is 5.55. The third kappa shape index (κ3) is 1.71. The van der Waals surface area contributed by atoms with Crippen LogP contribution in [0.4, 0.5) is 0 Å². The number of hydrogen-bond donors (Lipinski definition) is 0. The van der Waals surface area contributed by atoms with Crippen molar-refractivity contribution in [2.45, 2.75) is 26.2 Å². The van der Waals surface area contributed by atoms with E-state index in [0.717, 1.165) is 16.5 Å². The molecule has 1 aromatic heterocycles. The molecule has 1 heterocycles. The zero-order valence-corrected chi connectivity index (χ0v) is 10.5. The van der Waals surface area contributed by atoms with Crippen molar-refractivity contribution >= 4 is 16.9 Å². The van der Waals surface area contributed by atoms with Gasteiger partial charge in [-0.2, -0.15) is 0 Å². The molecule has 0 N–H and O–H groups in total. The van der Waals surface area contributed by atoms with Gasteiger partial charge in [-0.1, -0.05) is 18.2 Å². The fraction of sp³-hybridized carbons (Fsp3) is 0.357. The number of furan rings is 1. The van der Waals surface area contributed by atoms with Crippen molar-refractivity contribution in [2.24, 2.45) is 0 Å². The van der Waals surface area contributed by atoms with Gasteiger partial charge in [0.25, 0.3) is 0 Å². The SMILES string of the molecule is COC(=O)C(C)(C)c1oc2ccccc2c1C. The fourth-order valence-corrected chi connectivity index (χ4v) is 2.12. The summed E-state index contributed by atoms with van der Waals surface area (Å²) >= 11 is 0. The van der Waals surface area contributed by atoms with E-state index in [1.165, 1.54) is 7.11 Å². The van der Waals surface area contributed by atoms with Gasteiger partial charge in [0.1, 0.15) is 16.8 Å². The topological polar surface area (TPSA) is 39.4 Å². The highest BCUT2D eigenvalue weighted by Crippen LogP contribution is 2.34. The molecular weight excluding hydrogens is 216 g/mol. The van der Waals surface area contributed by atoms with E-state index < -0.39 is 5.41 Å². The minimum atomic E-state index is -0.766. The highest BCUT2D eigenvalue weighted by molar-refractivity contribution is 5.87. The molecule has 0 amide bonds. The van der Waals surface area contributed by atoms with Gasteiger partial charge in [0.15, 0.2) is 0 Å². The van der Waals surface area contributed by atoms with E-state index in [4.69, 9.17) is 9.15 Å². The van der Waals surface area contributed by atoms with Gasteiger partial charge in [-0.25, -0.2) is 0 Å². The van der Waals surface area contributed by atoms with E-state index in [-0.39, 0.29) is 5.97 Å². The molecule has 0 fully saturated rings. The van der Waals surface area contributed by atoms with Crippen LogP contribution in [0.3, 0.4) is 0 Å². The van der Waals surface area contributed by atoms with Crippen molar-refractivity contribution in [1.29, 1.82) is 0 Å². The monoisotopic (exact) mass is 232 g/mol. The van der Waals surface area contributed by atoms with Crippen LogP contribution >= 0.6 is 0 Å². The van der Waals surface area contributed by atoms with Crippen LogP contribution in [-0.2, 0) is 14.9 Å². The predicted octanol–water partition coefficient (Wildman–Crippen LogP) is 3.19. The minimum Gasteiger partial charge on any atom is -0.468 e. The van der Waals surface area contributed by atoms with Crippen LogP contribution in [0.25, 0.3) is 11.0 Å². The van der Waals surface area contributed by atoms with Gasteiger partial charge in [-0.15, -0.1) is 0 Å². The standard InChI is InChI=1S/C14H16O3/c1-9-10-7-5-6-8-11(10)17-12(9)14(2,3)13(15)16-4/h5-8H,1-4H3. The molecule has 17 heavy (non-hydrogen) atoms. The normalized spacial score (nSPS) is 11.8. The van der Waals surface area contributed by atoms with E-state index >= 15 is 0 Å². The molecule has 0 unspecified atom stereocenters. The summed E-state index contributed by atoms with van der Waals surface area (Å²) in [6.45, 7) is 5.58. The number of ether oxygens (including phenoxy) is 1. The van der Waals surface area contributed by atoms with Crippen molar-refractivity contribution in [3.63, 3.8) is 0 Å². The smallest absolute Gasteiger partial charge is 0.318 e. The number of para-hydroxylation sites is 1. The first-order chi connectivity index (χ1) is 7.98. The Morgan fingerprint density at radius 1 is 1.29 bits per heavy atom. The predicted molar refractivity (Wildman–Crippen MR) is 66.0 cm³/mol. The summed E-state index contributed by atoms with van der Waals surface area (Å²) in [5.74, 6) is 0.380. The maximum atomic E-state index is 11.8. The summed E-state index contributed by atoms with van der Waals surface area (Å²) in [4.78, 5) is 11.8. The lowest BCUT2D eigenvalue weighted by Crippen LogP contribution is -2.30. The Bertz CT molecular complexity index is 564. The molecule has 90 valence electrons. The van der Waals surface area contributed by atoms with Gasteiger partial charge in [0, 0.05) is 5.39 Å². The molecular formula is C14H16O3. The Morgan fingerprint density at radius 2 is 1.94 bits per heavy atom. The number of aryl methyl sites for hydroxylation is 1. The minimum absolute atomic E-state index is 0.292. The lowest BCUT2D eigenvalue weighted by atomic mass is 9.88. The molecule has 0 atom stereocenters. The van der Waals surface area contributed by atoms with E-state index in [1.807, 2.05) is 45.0 Å². The van der Waals surface area contributed by atoms with Gasteiger partial charge < -0.3 is 9.15 Å². The average molecular weight is 232 g/mol. The Hall–Kier alpha value is -1.77. The van der Waals surface area contributed by atoms with Crippen LogP contribution in [0.5, 0.6) is 0 Å². The van der Waals surface area contributed by atoms with Crippen LogP contribution in [-0.4, -0.2) is 13.1 Å². The zero-order valence-electron chi connectivity index (χ0n) is 10.5. The zero-order chi connectivity index (χ0) is 12.6. The van der Waals surface area contributed by atoms with E-state index in [9.17, 15) is 4.79 Å². The van der Waals surface area contributed by atoms with Crippen molar-refractivity contribution < 1.29 is 13.9 Å². The van der Waals surface area contributed by atoms with Crippen LogP contribution in [0.2, 0.25) is 0 Å². The lowest BCUT2D eigenvalue weighted by Gasteiger charge is -2.19. The summed E-state index contributed by atoms with van der Waals surface area (Å²) in [7, 11) is 1.39. The van der Waals surface area contributed by atoms with Gasteiger partial charge in [-0.3, -0.25) is 4.79 Å². The highest BCUT2D eigenvalue weighted by atomic mass is 16.5.